The summed E-state index contributed by atoms with van der Waals surface area (Å²) in [5.41, 5.74) is 3.48. The van der Waals surface area contributed by atoms with E-state index in [4.69, 9.17) is 16.3 Å². The predicted molar refractivity (Wildman–Crippen MR) is 102 cm³/mol. The average molecular weight is 363 g/mol. The van der Waals surface area contributed by atoms with Gasteiger partial charge < -0.3 is 14.9 Å². The van der Waals surface area contributed by atoms with Crippen LogP contribution in [-0.4, -0.2) is 29.0 Å². The average Bonchev–Trinajstić information content (AvgIpc) is 2.59. The lowest BCUT2D eigenvalue weighted by atomic mass is 9.99. The number of rotatable bonds is 9. The van der Waals surface area contributed by atoms with E-state index in [9.17, 15) is 10.2 Å². The van der Waals surface area contributed by atoms with Gasteiger partial charge >= 0.3 is 0 Å². The zero-order valence-corrected chi connectivity index (χ0v) is 15.7. The second-order valence-electron chi connectivity index (χ2n) is 6.38. The van der Waals surface area contributed by atoms with Crippen molar-refractivity contribution >= 4 is 11.6 Å². The van der Waals surface area contributed by atoms with Crippen LogP contribution in [0, 0.1) is 0 Å². The summed E-state index contributed by atoms with van der Waals surface area (Å²) in [7, 11) is 0. The molecule has 0 aromatic heterocycles. The third-order valence-electron chi connectivity index (χ3n) is 4.26. The van der Waals surface area contributed by atoms with Gasteiger partial charge in [-0.25, -0.2) is 0 Å². The Hall–Kier alpha value is -1.55. The second kappa shape index (κ2) is 9.81. The summed E-state index contributed by atoms with van der Waals surface area (Å²) in [5.74, 6) is 0.878. The SMILES string of the molecule is CCOc1ccc(Cc2cc(CCC[C@H](O)[C@@H](C)O)ccc2Cl)cc1. The maximum atomic E-state index is 9.68. The number of aliphatic hydroxyl groups excluding tert-OH is 2. The van der Waals surface area contributed by atoms with Crippen molar-refractivity contribution in [3.05, 3.63) is 64.2 Å². The van der Waals surface area contributed by atoms with Crippen LogP contribution in [0.3, 0.4) is 0 Å². The normalized spacial score (nSPS) is 13.5. The second-order valence-corrected chi connectivity index (χ2v) is 6.79. The van der Waals surface area contributed by atoms with Gasteiger partial charge in [0, 0.05) is 5.02 Å². The van der Waals surface area contributed by atoms with E-state index in [0.29, 0.717) is 13.0 Å². The molecule has 2 N–H and O–H groups in total. The number of aryl methyl sites for hydroxylation is 1. The molecule has 4 heteroatoms. The van der Waals surface area contributed by atoms with Gasteiger partial charge in [0.15, 0.2) is 0 Å². The topological polar surface area (TPSA) is 49.7 Å². The number of halogens is 1. The highest BCUT2D eigenvalue weighted by Crippen LogP contribution is 2.23. The Balaban J connectivity index is 1.98. The highest BCUT2D eigenvalue weighted by Gasteiger charge is 2.10. The van der Waals surface area contributed by atoms with Gasteiger partial charge in [-0.15, -0.1) is 0 Å². The Labute approximate surface area is 155 Å². The van der Waals surface area contributed by atoms with Gasteiger partial charge in [-0.1, -0.05) is 35.9 Å². The first kappa shape index (κ1) is 19.8. The minimum atomic E-state index is -0.680. The van der Waals surface area contributed by atoms with Crippen LogP contribution < -0.4 is 4.74 Å². The van der Waals surface area contributed by atoms with Crippen LogP contribution in [0.1, 0.15) is 43.4 Å². The molecule has 0 aliphatic rings. The van der Waals surface area contributed by atoms with Crippen LogP contribution >= 0.6 is 11.6 Å². The van der Waals surface area contributed by atoms with E-state index in [-0.39, 0.29) is 0 Å². The van der Waals surface area contributed by atoms with E-state index in [1.54, 1.807) is 6.92 Å². The molecule has 2 rings (SSSR count). The smallest absolute Gasteiger partial charge is 0.119 e. The lowest BCUT2D eigenvalue weighted by Crippen LogP contribution is -2.22. The van der Waals surface area contributed by atoms with Gasteiger partial charge in [-0.3, -0.25) is 0 Å². The minimum absolute atomic E-state index is 0.592. The summed E-state index contributed by atoms with van der Waals surface area (Å²) < 4.78 is 5.47. The Morgan fingerprint density at radius 2 is 1.72 bits per heavy atom. The molecule has 0 aliphatic heterocycles. The Bertz CT molecular complexity index is 653. The molecule has 25 heavy (non-hydrogen) atoms. The molecule has 0 saturated carbocycles. The van der Waals surface area contributed by atoms with Crippen molar-refractivity contribution in [1.29, 1.82) is 0 Å². The summed E-state index contributed by atoms with van der Waals surface area (Å²) in [6, 6.07) is 14.2. The Kier molecular flexibility index (Phi) is 7.76. The zero-order chi connectivity index (χ0) is 18.2. The van der Waals surface area contributed by atoms with Crippen molar-refractivity contribution in [2.24, 2.45) is 0 Å². The maximum Gasteiger partial charge on any atom is 0.119 e. The lowest BCUT2D eigenvalue weighted by Gasteiger charge is -2.13. The van der Waals surface area contributed by atoms with Crippen LogP contribution in [-0.2, 0) is 12.8 Å². The number of aliphatic hydroxyl groups is 2. The highest BCUT2D eigenvalue weighted by atomic mass is 35.5. The van der Waals surface area contributed by atoms with E-state index in [2.05, 4.69) is 18.2 Å². The van der Waals surface area contributed by atoms with Gasteiger partial charge in [0.25, 0.3) is 0 Å². The van der Waals surface area contributed by atoms with E-state index in [0.717, 1.165) is 35.6 Å². The molecular weight excluding hydrogens is 336 g/mol. The first-order valence-corrected chi connectivity index (χ1v) is 9.22. The first-order valence-electron chi connectivity index (χ1n) is 8.84. The van der Waals surface area contributed by atoms with Gasteiger partial charge in [0.1, 0.15) is 5.75 Å². The van der Waals surface area contributed by atoms with Gasteiger partial charge in [0.05, 0.1) is 18.8 Å². The Morgan fingerprint density at radius 3 is 2.36 bits per heavy atom. The van der Waals surface area contributed by atoms with Crippen LogP contribution in [0.2, 0.25) is 5.02 Å². The van der Waals surface area contributed by atoms with Crippen molar-refractivity contribution in [3.63, 3.8) is 0 Å². The quantitative estimate of drug-likeness (QED) is 0.695. The standard InChI is InChI=1S/C21H27ClO3/c1-3-25-19-10-7-17(8-11-19)14-18-13-16(9-12-20(18)22)5-4-6-21(24)15(2)23/h7-13,15,21,23-24H,3-6,14H2,1-2H3/t15-,21+/m1/s1. The molecule has 136 valence electrons. The summed E-state index contributed by atoms with van der Waals surface area (Å²) in [5, 5.41) is 19.8. The van der Waals surface area contributed by atoms with Gasteiger partial charge in [0.2, 0.25) is 0 Å². The van der Waals surface area contributed by atoms with Gasteiger partial charge in [-0.05, 0) is 74.4 Å². The largest absolute Gasteiger partial charge is 0.494 e. The van der Waals surface area contributed by atoms with Crippen LogP contribution in [0.4, 0.5) is 0 Å². The highest BCUT2D eigenvalue weighted by molar-refractivity contribution is 6.31. The predicted octanol–water partition coefficient (Wildman–Crippen LogP) is 4.39. The third-order valence-corrected chi connectivity index (χ3v) is 4.63. The summed E-state index contributed by atoms with van der Waals surface area (Å²) >= 11 is 6.36. The molecule has 3 nitrogen and oxygen atoms in total. The molecule has 0 aliphatic carbocycles. The molecule has 0 heterocycles. The lowest BCUT2D eigenvalue weighted by molar-refractivity contribution is 0.0251. The number of hydrogen-bond acceptors (Lipinski definition) is 3. The molecular formula is C21H27ClO3. The van der Waals surface area contributed by atoms with Crippen molar-refractivity contribution in [2.75, 3.05) is 6.61 Å². The molecule has 0 unspecified atom stereocenters. The molecule has 0 saturated heterocycles. The van der Waals surface area contributed by atoms with Gasteiger partial charge in [-0.2, -0.15) is 0 Å². The van der Waals surface area contributed by atoms with E-state index < -0.39 is 12.2 Å². The van der Waals surface area contributed by atoms with Crippen LogP contribution in [0.5, 0.6) is 5.75 Å². The Morgan fingerprint density at radius 1 is 1.04 bits per heavy atom. The van der Waals surface area contributed by atoms with Crippen molar-refractivity contribution in [3.8, 4) is 5.75 Å². The van der Waals surface area contributed by atoms with E-state index in [1.807, 2.05) is 31.2 Å². The molecule has 2 atom stereocenters. The zero-order valence-electron chi connectivity index (χ0n) is 14.9. The minimum Gasteiger partial charge on any atom is -0.494 e. The molecule has 0 amide bonds. The summed E-state index contributed by atoms with van der Waals surface area (Å²) in [6.07, 6.45) is 1.72. The molecule has 0 fully saturated rings. The monoisotopic (exact) mass is 362 g/mol. The molecule has 0 bridgehead atoms. The molecule has 0 spiro atoms. The number of hydrogen-bond donors (Lipinski definition) is 2. The fraction of sp³-hybridized carbons (Fsp3) is 0.429. The van der Waals surface area contributed by atoms with Crippen LogP contribution in [0.15, 0.2) is 42.5 Å². The van der Waals surface area contributed by atoms with E-state index >= 15 is 0 Å². The molecule has 0 radical (unpaired) electrons. The van der Waals surface area contributed by atoms with E-state index in [1.165, 1.54) is 11.1 Å². The van der Waals surface area contributed by atoms with Crippen molar-refractivity contribution in [1.82, 2.24) is 0 Å². The number of benzene rings is 2. The van der Waals surface area contributed by atoms with Crippen molar-refractivity contribution in [2.45, 2.75) is 51.7 Å². The fourth-order valence-corrected chi connectivity index (χ4v) is 2.95. The molecule has 2 aromatic rings. The maximum absolute atomic E-state index is 9.68. The third kappa shape index (κ3) is 6.35. The first-order chi connectivity index (χ1) is 12.0. The fourth-order valence-electron chi connectivity index (χ4n) is 2.77. The summed E-state index contributed by atoms with van der Waals surface area (Å²) in [4.78, 5) is 0. The number of ether oxygens (including phenoxy) is 1. The van der Waals surface area contributed by atoms with Crippen molar-refractivity contribution < 1.29 is 14.9 Å². The van der Waals surface area contributed by atoms with Crippen LogP contribution in [0.25, 0.3) is 0 Å². The molecule has 2 aromatic carbocycles. The summed E-state index contributed by atoms with van der Waals surface area (Å²) in [6.45, 7) is 4.25.